The third kappa shape index (κ3) is 4.49. The van der Waals surface area contributed by atoms with Gasteiger partial charge in [-0.3, -0.25) is 0 Å². The average Bonchev–Trinajstić information content (AvgIpc) is 2.46. The van der Waals surface area contributed by atoms with Crippen molar-refractivity contribution in [3.63, 3.8) is 0 Å². The van der Waals surface area contributed by atoms with Crippen LogP contribution in [0.4, 0.5) is 5.69 Å². The number of benzene rings is 2. The van der Waals surface area contributed by atoms with E-state index >= 15 is 0 Å². The molecule has 0 aliphatic rings. The summed E-state index contributed by atoms with van der Waals surface area (Å²) in [6.45, 7) is 2.35. The predicted octanol–water partition coefficient (Wildman–Crippen LogP) is 3.58. The highest BCUT2D eigenvalue weighted by Crippen LogP contribution is 2.18. The third-order valence-corrected chi connectivity index (χ3v) is 3.30. The van der Waals surface area contributed by atoms with Crippen LogP contribution in [0.15, 0.2) is 46.9 Å². The van der Waals surface area contributed by atoms with E-state index in [0.29, 0.717) is 11.3 Å². The molecule has 0 aliphatic heterocycles. The molecule has 2 rings (SSSR count). The topological polar surface area (TPSA) is 61.6 Å². The molecular weight excluding hydrogens is 334 g/mol. The number of carbonyl (C=O) groups excluding carboxylic acids is 1. The number of anilines is 1. The van der Waals surface area contributed by atoms with Gasteiger partial charge in [-0.1, -0.05) is 33.6 Å². The lowest BCUT2D eigenvalue weighted by Crippen LogP contribution is -2.14. The number of hydrogen-bond donors (Lipinski definition) is 1. The fraction of sp³-hybridized carbons (Fsp3) is 0.188. The quantitative estimate of drug-likeness (QED) is 0.509. The molecule has 2 aromatic carbocycles. The van der Waals surface area contributed by atoms with Crippen LogP contribution in [-0.4, -0.2) is 19.2 Å². The summed E-state index contributed by atoms with van der Waals surface area (Å²) in [6.07, 6.45) is 0. The van der Waals surface area contributed by atoms with Crippen LogP contribution in [0.3, 0.4) is 0 Å². The standard InChI is InChI=1S/C16H16BrNO3/c1-11-5-6-15(18)14(9-11)16(19)21-8-7-20-13-4-2-3-12(17)10-13/h2-6,9-10H,7-8,18H2,1H3. The Kier molecular flexibility index (Phi) is 5.22. The van der Waals surface area contributed by atoms with Gasteiger partial charge in [-0.25, -0.2) is 4.79 Å². The molecule has 0 heterocycles. The molecule has 0 aromatic heterocycles. The summed E-state index contributed by atoms with van der Waals surface area (Å²) in [7, 11) is 0. The number of hydrogen-bond acceptors (Lipinski definition) is 4. The van der Waals surface area contributed by atoms with Gasteiger partial charge < -0.3 is 15.2 Å². The minimum atomic E-state index is -0.436. The minimum Gasteiger partial charge on any atom is -0.490 e. The Morgan fingerprint density at radius 1 is 1.19 bits per heavy atom. The van der Waals surface area contributed by atoms with E-state index in [4.69, 9.17) is 15.2 Å². The number of nitrogens with two attached hydrogens (primary N) is 1. The Hall–Kier alpha value is -2.01. The van der Waals surface area contributed by atoms with Gasteiger partial charge >= 0.3 is 5.97 Å². The van der Waals surface area contributed by atoms with E-state index in [-0.39, 0.29) is 13.2 Å². The van der Waals surface area contributed by atoms with E-state index in [1.165, 1.54) is 0 Å². The number of ether oxygens (including phenoxy) is 2. The van der Waals surface area contributed by atoms with Crippen LogP contribution < -0.4 is 10.5 Å². The summed E-state index contributed by atoms with van der Waals surface area (Å²) >= 11 is 3.36. The lowest BCUT2D eigenvalue weighted by molar-refractivity contribution is 0.0451. The van der Waals surface area contributed by atoms with E-state index in [2.05, 4.69) is 15.9 Å². The first-order chi connectivity index (χ1) is 10.1. The van der Waals surface area contributed by atoms with Gasteiger partial charge in [0.2, 0.25) is 0 Å². The average molecular weight is 350 g/mol. The molecule has 21 heavy (non-hydrogen) atoms. The summed E-state index contributed by atoms with van der Waals surface area (Å²) in [5.74, 6) is 0.282. The second kappa shape index (κ2) is 7.13. The van der Waals surface area contributed by atoms with Crippen molar-refractivity contribution in [1.82, 2.24) is 0 Å². The molecule has 0 spiro atoms. The van der Waals surface area contributed by atoms with Crippen LogP contribution >= 0.6 is 15.9 Å². The molecule has 2 N–H and O–H groups in total. The van der Waals surface area contributed by atoms with Crippen molar-refractivity contribution in [1.29, 1.82) is 0 Å². The van der Waals surface area contributed by atoms with Crippen molar-refractivity contribution in [2.24, 2.45) is 0 Å². The molecule has 0 saturated heterocycles. The van der Waals surface area contributed by atoms with Crippen LogP contribution in [0, 0.1) is 6.92 Å². The van der Waals surface area contributed by atoms with E-state index in [1.54, 1.807) is 12.1 Å². The van der Waals surface area contributed by atoms with Gasteiger partial charge in [-0.2, -0.15) is 0 Å². The van der Waals surface area contributed by atoms with Crippen molar-refractivity contribution in [3.05, 3.63) is 58.1 Å². The highest BCUT2D eigenvalue weighted by Gasteiger charge is 2.11. The van der Waals surface area contributed by atoms with Crippen LogP contribution in [0.1, 0.15) is 15.9 Å². The van der Waals surface area contributed by atoms with Gasteiger partial charge in [-0.05, 0) is 37.3 Å². The fourth-order valence-corrected chi connectivity index (χ4v) is 2.15. The molecule has 2 aromatic rings. The summed E-state index contributed by atoms with van der Waals surface area (Å²) in [5.41, 5.74) is 7.53. The zero-order valence-electron chi connectivity index (χ0n) is 11.6. The van der Waals surface area contributed by atoms with Gasteiger partial charge in [-0.15, -0.1) is 0 Å². The Morgan fingerprint density at radius 3 is 2.76 bits per heavy atom. The van der Waals surface area contributed by atoms with Crippen LogP contribution in [0.25, 0.3) is 0 Å². The maximum Gasteiger partial charge on any atom is 0.340 e. The molecule has 5 heteroatoms. The van der Waals surface area contributed by atoms with Crippen LogP contribution in [0.2, 0.25) is 0 Å². The first-order valence-electron chi connectivity index (χ1n) is 6.48. The zero-order chi connectivity index (χ0) is 15.2. The molecule has 4 nitrogen and oxygen atoms in total. The van der Waals surface area contributed by atoms with Crippen molar-refractivity contribution in [2.75, 3.05) is 18.9 Å². The van der Waals surface area contributed by atoms with E-state index in [0.717, 1.165) is 15.8 Å². The van der Waals surface area contributed by atoms with Gasteiger partial charge in [0.05, 0.1) is 5.56 Å². The molecule has 0 aliphatic carbocycles. The molecular formula is C16H16BrNO3. The summed E-state index contributed by atoms with van der Waals surface area (Å²) in [6, 6.07) is 12.7. The Balaban J connectivity index is 1.83. The number of halogens is 1. The normalized spacial score (nSPS) is 10.2. The maximum atomic E-state index is 11.9. The summed E-state index contributed by atoms with van der Waals surface area (Å²) in [4.78, 5) is 11.9. The number of carbonyl (C=O) groups is 1. The molecule has 0 saturated carbocycles. The van der Waals surface area contributed by atoms with Crippen molar-refractivity contribution >= 4 is 27.6 Å². The molecule has 0 radical (unpaired) electrons. The second-order valence-electron chi connectivity index (χ2n) is 4.53. The van der Waals surface area contributed by atoms with E-state index in [1.807, 2.05) is 37.3 Å². The number of nitrogen functional groups attached to an aromatic ring is 1. The molecule has 0 fully saturated rings. The summed E-state index contributed by atoms with van der Waals surface area (Å²) < 4.78 is 11.6. The summed E-state index contributed by atoms with van der Waals surface area (Å²) in [5, 5.41) is 0. The fourth-order valence-electron chi connectivity index (χ4n) is 1.78. The predicted molar refractivity (Wildman–Crippen MR) is 85.5 cm³/mol. The number of esters is 1. The van der Waals surface area contributed by atoms with Crippen LogP contribution in [0.5, 0.6) is 5.75 Å². The smallest absolute Gasteiger partial charge is 0.340 e. The number of aryl methyl sites for hydroxylation is 1. The van der Waals surface area contributed by atoms with Crippen LogP contribution in [-0.2, 0) is 4.74 Å². The Morgan fingerprint density at radius 2 is 2.00 bits per heavy atom. The van der Waals surface area contributed by atoms with Crippen molar-refractivity contribution in [3.8, 4) is 5.75 Å². The lowest BCUT2D eigenvalue weighted by atomic mass is 10.1. The highest BCUT2D eigenvalue weighted by atomic mass is 79.9. The SMILES string of the molecule is Cc1ccc(N)c(C(=O)OCCOc2cccc(Br)c2)c1. The van der Waals surface area contributed by atoms with Crippen molar-refractivity contribution in [2.45, 2.75) is 6.92 Å². The molecule has 110 valence electrons. The molecule has 0 bridgehead atoms. The Bertz CT molecular complexity index is 643. The van der Waals surface area contributed by atoms with Gasteiger partial charge in [0.1, 0.15) is 19.0 Å². The Labute approximate surface area is 132 Å². The first-order valence-corrected chi connectivity index (χ1v) is 7.27. The molecule has 0 unspecified atom stereocenters. The largest absolute Gasteiger partial charge is 0.490 e. The molecule has 0 amide bonds. The van der Waals surface area contributed by atoms with E-state index < -0.39 is 5.97 Å². The highest BCUT2D eigenvalue weighted by molar-refractivity contribution is 9.10. The lowest BCUT2D eigenvalue weighted by Gasteiger charge is -2.09. The molecule has 0 atom stereocenters. The van der Waals surface area contributed by atoms with E-state index in [9.17, 15) is 4.79 Å². The van der Waals surface area contributed by atoms with Gasteiger partial charge in [0.15, 0.2) is 0 Å². The number of rotatable bonds is 5. The van der Waals surface area contributed by atoms with Gasteiger partial charge in [0.25, 0.3) is 0 Å². The maximum absolute atomic E-state index is 11.9. The second-order valence-corrected chi connectivity index (χ2v) is 5.45. The monoisotopic (exact) mass is 349 g/mol. The van der Waals surface area contributed by atoms with Crippen molar-refractivity contribution < 1.29 is 14.3 Å². The zero-order valence-corrected chi connectivity index (χ0v) is 13.2. The minimum absolute atomic E-state index is 0.165. The third-order valence-electron chi connectivity index (χ3n) is 2.81. The first kappa shape index (κ1) is 15.4. The van der Waals surface area contributed by atoms with Gasteiger partial charge in [0, 0.05) is 10.2 Å².